The van der Waals surface area contributed by atoms with E-state index in [9.17, 15) is 10.1 Å². The minimum Gasteiger partial charge on any atom is -0.490 e. The molecule has 0 unspecified atom stereocenters. The quantitative estimate of drug-likeness (QED) is 0.284. The molecule has 0 amide bonds. The smallest absolute Gasteiger partial charge is 0.269 e. The molecule has 0 aliphatic rings. The summed E-state index contributed by atoms with van der Waals surface area (Å²) < 4.78 is 11.6. The van der Waals surface area contributed by atoms with Crippen molar-refractivity contribution < 1.29 is 14.4 Å². The number of hydrogen-bond acceptors (Lipinski definition) is 5. The first kappa shape index (κ1) is 20.1. The summed E-state index contributed by atoms with van der Waals surface area (Å²) in [5.41, 5.74) is 3.87. The van der Waals surface area contributed by atoms with Crippen molar-refractivity contribution in [3.05, 3.63) is 93.5 Å². The topological polar surface area (TPSA) is 74.0 Å². The summed E-state index contributed by atoms with van der Waals surface area (Å²) in [7, 11) is 0. The van der Waals surface area contributed by atoms with E-state index in [-0.39, 0.29) is 12.3 Å². The van der Waals surface area contributed by atoms with Crippen LogP contribution in [0.1, 0.15) is 23.6 Å². The van der Waals surface area contributed by atoms with Gasteiger partial charge in [-0.2, -0.15) is 0 Å². The Morgan fingerprint density at radius 2 is 1.69 bits per heavy atom. The average Bonchev–Trinajstić information content (AvgIpc) is 2.73. The summed E-state index contributed by atoms with van der Waals surface area (Å²) in [6, 6.07) is 19.9. The highest BCUT2D eigenvalue weighted by atomic mass is 16.6. The van der Waals surface area contributed by atoms with E-state index in [1.165, 1.54) is 17.7 Å². The molecule has 0 aromatic heterocycles. The SMILES string of the molecule is CCOc1cc(C=Nc2ccc(C)cc2)ccc1OCc1ccc([N+](=O)[O-])cc1. The first-order valence-electron chi connectivity index (χ1n) is 9.29. The van der Waals surface area contributed by atoms with Gasteiger partial charge in [0.05, 0.1) is 17.2 Å². The Hall–Kier alpha value is -3.67. The van der Waals surface area contributed by atoms with Crippen LogP contribution in [0.4, 0.5) is 11.4 Å². The number of hydrogen-bond donors (Lipinski definition) is 0. The minimum atomic E-state index is -0.422. The maximum absolute atomic E-state index is 10.7. The molecule has 3 rings (SSSR count). The number of benzene rings is 3. The molecule has 0 fully saturated rings. The van der Waals surface area contributed by atoms with Crippen molar-refractivity contribution in [3.8, 4) is 11.5 Å². The van der Waals surface area contributed by atoms with Gasteiger partial charge in [0.25, 0.3) is 5.69 Å². The van der Waals surface area contributed by atoms with Gasteiger partial charge >= 0.3 is 0 Å². The van der Waals surface area contributed by atoms with Crippen molar-refractivity contribution in [1.29, 1.82) is 0 Å². The monoisotopic (exact) mass is 390 g/mol. The van der Waals surface area contributed by atoms with E-state index >= 15 is 0 Å². The lowest BCUT2D eigenvalue weighted by molar-refractivity contribution is -0.384. The van der Waals surface area contributed by atoms with Crippen LogP contribution in [0, 0.1) is 17.0 Å². The highest BCUT2D eigenvalue weighted by Crippen LogP contribution is 2.29. The molecule has 29 heavy (non-hydrogen) atoms. The maximum Gasteiger partial charge on any atom is 0.269 e. The molecule has 0 heterocycles. The third-order valence-electron chi connectivity index (χ3n) is 4.21. The van der Waals surface area contributed by atoms with E-state index in [0.717, 1.165) is 16.8 Å². The van der Waals surface area contributed by atoms with Gasteiger partial charge in [0, 0.05) is 18.3 Å². The van der Waals surface area contributed by atoms with Crippen LogP contribution in [-0.2, 0) is 6.61 Å². The van der Waals surface area contributed by atoms with Crippen LogP contribution in [-0.4, -0.2) is 17.7 Å². The molecule has 0 aliphatic heterocycles. The van der Waals surface area contributed by atoms with Gasteiger partial charge in [-0.3, -0.25) is 15.1 Å². The lowest BCUT2D eigenvalue weighted by Crippen LogP contribution is -2.00. The number of aliphatic imine (C=N–C) groups is 1. The van der Waals surface area contributed by atoms with Crippen LogP contribution in [0.3, 0.4) is 0 Å². The van der Waals surface area contributed by atoms with Crippen molar-refractivity contribution in [2.75, 3.05) is 6.61 Å². The first-order chi connectivity index (χ1) is 14.0. The summed E-state index contributed by atoms with van der Waals surface area (Å²) in [5.74, 6) is 1.24. The fraction of sp³-hybridized carbons (Fsp3) is 0.174. The van der Waals surface area contributed by atoms with E-state index in [2.05, 4.69) is 4.99 Å². The van der Waals surface area contributed by atoms with E-state index in [0.29, 0.717) is 18.1 Å². The number of non-ortho nitro benzene ring substituents is 1. The third-order valence-corrected chi connectivity index (χ3v) is 4.21. The molecule has 0 aliphatic carbocycles. The predicted octanol–water partition coefficient (Wildman–Crippen LogP) is 5.63. The summed E-state index contributed by atoms with van der Waals surface area (Å²) in [6.07, 6.45) is 1.79. The van der Waals surface area contributed by atoms with Crippen molar-refractivity contribution in [2.24, 2.45) is 4.99 Å². The number of nitro groups is 1. The molecular weight excluding hydrogens is 368 g/mol. The second-order valence-electron chi connectivity index (χ2n) is 6.45. The highest BCUT2D eigenvalue weighted by Gasteiger charge is 2.08. The zero-order valence-electron chi connectivity index (χ0n) is 16.4. The molecule has 148 valence electrons. The molecule has 3 aromatic rings. The fourth-order valence-corrected chi connectivity index (χ4v) is 2.65. The molecule has 3 aromatic carbocycles. The number of nitro benzene ring substituents is 1. The number of nitrogens with zero attached hydrogens (tertiary/aromatic N) is 2. The number of rotatable bonds is 8. The molecule has 0 saturated heterocycles. The number of ether oxygens (including phenoxy) is 2. The Morgan fingerprint density at radius 1 is 0.966 bits per heavy atom. The number of aryl methyl sites for hydroxylation is 1. The second-order valence-corrected chi connectivity index (χ2v) is 6.45. The largest absolute Gasteiger partial charge is 0.490 e. The molecule has 6 nitrogen and oxygen atoms in total. The van der Waals surface area contributed by atoms with Gasteiger partial charge in [-0.25, -0.2) is 0 Å². The van der Waals surface area contributed by atoms with Crippen molar-refractivity contribution in [1.82, 2.24) is 0 Å². The predicted molar refractivity (Wildman–Crippen MR) is 113 cm³/mol. The maximum atomic E-state index is 10.7. The van der Waals surface area contributed by atoms with Crippen LogP contribution in [0.2, 0.25) is 0 Å². The van der Waals surface area contributed by atoms with Crippen molar-refractivity contribution in [3.63, 3.8) is 0 Å². The molecule has 0 bridgehead atoms. The fourth-order valence-electron chi connectivity index (χ4n) is 2.65. The van der Waals surface area contributed by atoms with Gasteiger partial charge in [-0.1, -0.05) is 17.7 Å². The standard InChI is InChI=1S/C23H22N2O4/c1-3-28-23-14-19(15-24-20-9-4-17(2)5-10-20)8-13-22(23)29-16-18-6-11-21(12-7-18)25(26)27/h4-15H,3,16H2,1-2H3. The normalized spacial score (nSPS) is 10.8. The van der Waals surface area contributed by atoms with E-state index in [1.807, 2.05) is 56.3 Å². The van der Waals surface area contributed by atoms with Crippen molar-refractivity contribution in [2.45, 2.75) is 20.5 Å². The lowest BCUT2D eigenvalue weighted by atomic mass is 10.2. The van der Waals surface area contributed by atoms with E-state index in [1.54, 1.807) is 18.3 Å². The molecule has 0 spiro atoms. The summed E-state index contributed by atoms with van der Waals surface area (Å²) >= 11 is 0. The second kappa shape index (κ2) is 9.50. The Labute approximate surface area is 169 Å². The average molecular weight is 390 g/mol. The molecular formula is C23H22N2O4. The van der Waals surface area contributed by atoms with Gasteiger partial charge in [0.15, 0.2) is 11.5 Å². The van der Waals surface area contributed by atoms with E-state index < -0.39 is 4.92 Å². The zero-order valence-corrected chi connectivity index (χ0v) is 16.4. The van der Waals surface area contributed by atoms with Gasteiger partial charge in [0.2, 0.25) is 0 Å². The summed E-state index contributed by atoms with van der Waals surface area (Å²) in [5, 5.41) is 10.7. The zero-order chi connectivity index (χ0) is 20.6. The van der Waals surface area contributed by atoms with Gasteiger partial charge in [0.1, 0.15) is 6.61 Å². The third kappa shape index (κ3) is 5.65. The van der Waals surface area contributed by atoms with Gasteiger partial charge < -0.3 is 9.47 Å². The van der Waals surface area contributed by atoms with Crippen LogP contribution in [0.25, 0.3) is 0 Å². The van der Waals surface area contributed by atoms with Crippen LogP contribution < -0.4 is 9.47 Å². The van der Waals surface area contributed by atoms with Gasteiger partial charge in [-0.15, -0.1) is 0 Å². The molecule has 0 saturated carbocycles. The van der Waals surface area contributed by atoms with Crippen LogP contribution >= 0.6 is 0 Å². The lowest BCUT2D eigenvalue weighted by Gasteiger charge is -2.12. The van der Waals surface area contributed by atoms with Crippen LogP contribution in [0.5, 0.6) is 11.5 Å². The Morgan fingerprint density at radius 3 is 2.34 bits per heavy atom. The highest BCUT2D eigenvalue weighted by molar-refractivity contribution is 5.83. The van der Waals surface area contributed by atoms with Crippen LogP contribution in [0.15, 0.2) is 71.7 Å². The molecule has 0 N–H and O–H groups in total. The minimum absolute atomic E-state index is 0.0565. The Balaban J connectivity index is 1.71. The van der Waals surface area contributed by atoms with Gasteiger partial charge in [-0.05, 0) is 67.4 Å². The first-order valence-corrected chi connectivity index (χ1v) is 9.29. The Bertz CT molecular complexity index is 996. The molecule has 0 radical (unpaired) electrons. The van der Waals surface area contributed by atoms with Crippen molar-refractivity contribution >= 4 is 17.6 Å². The molecule has 6 heteroatoms. The Kier molecular flexibility index (Phi) is 6.58. The summed E-state index contributed by atoms with van der Waals surface area (Å²) in [6.45, 7) is 4.74. The molecule has 0 atom stereocenters. The summed E-state index contributed by atoms with van der Waals surface area (Å²) in [4.78, 5) is 14.8. The van der Waals surface area contributed by atoms with E-state index in [4.69, 9.17) is 9.47 Å².